The second-order valence-corrected chi connectivity index (χ2v) is 5.45. The third-order valence-corrected chi connectivity index (χ3v) is 3.85. The van der Waals surface area contributed by atoms with Crippen molar-refractivity contribution in [2.45, 2.75) is 6.54 Å². The quantitative estimate of drug-likeness (QED) is 0.783. The molecule has 1 N–H and O–H groups in total. The van der Waals surface area contributed by atoms with Crippen molar-refractivity contribution in [3.05, 3.63) is 47.9 Å². The van der Waals surface area contributed by atoms with Crippen molar-refractivity contribution in [1.29, 1.82) is 0 Å². The predicted molar refractivity (Wildman–Crippen MR) is 87.3 cm³/mol. The van der Waals surface area contributed by atoms with Crippen molar-refractivity contribution in [3.8, 4) is 0 Å². The van der Waals surface area contributed by atoms with E-state index in [2.05, 4.69) is 20.5 Å². The van der Waals surface area contributed by atoms with Gasteiger partial charge in [-0.05, 0) is 23.8 Å². The zero-order valence-electron chi connectivity index (χ0n) is 13.1. The fourth-order valence-electron chi connectivity index (χ4n) is 2.45. The van der Waals surface area contributed by atoms with E-state index >= 15 is 0 Å². The molecule has 0 radical (unpaired) electrons. The molecule has 3 heterocycles. The largest absolute Gasteiger partial charge is 0.352 e. The van der Waals surface area contributed by atoms with Gasteiger partial charge in [0.1, 0.15) is 0 Å². The molecule has 0 atom stereocenters. The molecule has 2 aromatic heterocycles. The van der Waals surface area contributed by atoms with Gasteiger partial charge in [0.25, 0.3) is 5.91 Å². The van der Waals surface area contributed by atoms with Gasteiger partial charge in [0.2, 0.25) is 6.41 Å². The molecule has 2 amide bonds. The lowest BCUT2D eigenvalue weighted by Crippen LogP contribution is -2.46. The first-order chi connectivity index (χ1) is 11.8. The fraction of sp³-hybridized carbons (Fsp3) is 0.312. The van der Waals surface area contributed by atoms with Crippen LogP contribution in [0.1, 0.15) is 16.1 Å². The van der Waals surface area contributed by atoms with Gasteiger partial charge in [0, 0.05) is 45.1 Å². The van der Waals surface area contributed by atoms with Crippen LogP contribution in [0.3, 0.4) is 0 Å². The molecule has 124 valence electrons. The third kappa shape index (κ3) is 3.83. The summed E-state index contributed by atoms with van der Waals surface area (Å²) in [7, 11) is 0. The highest BCUT2D eigenvalue weighted by atomic mass is 16.2. The van der Waals surface area contributed by atoms with Crippen LogP contribution in [-0.4, -0.2) is 58.6 Å². The Hall–Kier alpha value is -3.03. The Balaban J connectivity index is 1.56. The minimum atomic E-state index is -0.274. The lowest BCUT2D eigenvalue weighted by atomic mass is 10.2. The van der Waals surface area contributed by atoms with Crippen molar-refractivity contribution >= 4 is 18.1 Å². The van der Waals surface area contributed by atoms with E-state index in [1.165, 1.54) is 0 Å². The smallest absolute Gasteiger partial charge is 0.272 e. The van der Waals surface area contributed by atoms with Crippen LogP contribution in [0.2, 0.25) is 0 Å². The van der Waals surface area contributed by atoms with E-state index in [0.717, 1.165) is 12.0 Å². The molecule has 0 unspecified atom stereocenters. The SMILES string of the molecule is O=CN1CCN(c2ccc(C(=O)NCc3cccnc3)nn2)CC1. The van der Waals surface area contributed by atoms with Crippen LogP contribution in [0.5, 0.6) is 0 Å². The summed E-state index contributed by atoms with van der Waals surface area (Å²) in [5.41, 5.74) is 1.19. The molecule has 2 aromatic rings. The molecular formula is C16H18N6O2. The molecule has 1 saturated heterocycles. The molecule has 0 aromatic carbocycles. The van der Waals surface area contributed by atoms with Gasteiger partial charge in [0.15, 0.2) is 11.5 Å². The molecule has 3 rings (SSSR count). The average molecular weight is 326 g/mol. The molecule has 0 aliphatic carbocycles. The first-order valence-electron chi connectivity index (χ1n) is 7.71. The van der Waals surface area contributed by atoms with E-state index in [9.17, 15) is 9.59 Å². The van der Waals surface area contributed by atoms with Crippen LogP contribution in [0.25, 0.3) is 0 Å². The first-order valence-corrected chi connectivity index (χ1v) is 7.71. The predicted octanol–water partition coefficient (Wildman–Crippen LogP) is 0.0800. The number of carbonyl (C=O) groups excluding carboxylic acids is 2. The Kier molecular flexibility index (Phi) is 4.95. The van der Waals surface area contributed by atoms with Gasteiger partial charge >= 0.3 is 0 Å². The Morgan fingerprint density at radius 1 is 1.17 bits per heavy atom. The Morgan fingerprint density at radius 3 is 2.62 bits per heavy atom. The van der Waals surface area contributed by atoms with E-state index in [4.69, 9.17) is 0 Å². The number of amides is 2. The fourth-order valence-corrected chi connectivity index (χ4v) is 2.45. The zero-order chi connectivity index (χ0) is 16.8. The average Bonchev–Trinajstić information content (AvgIpc) is 2.67. The monoisotopic (exact) mass is 326 g/mol. The second kappa shape index (κ2) is 7.49. The highest BCUT2D eigenvalue weighted by Gasteiger charge is 2.17. The summed E-state index contributed by atoms with van der Waals surface area (Å²) in [5.74, 6) is 0.438. The summed E-state index contributed by atoms with van der Waals surface area (Å²) in [5, 5.41) is 10.9. The molecule has 24 heavy (non-hydrogen) atoms. The number of carbonyl (C=O) groups is 2. The molecule has 1 aliphatic heterocycles. The standard InChI is InChI=1S/C16H18N6O2/c23-12-21-6-8-22(9-7-21)15-4-3-14(19-20-15)16(24)18-11-13-2-1-5-17-10-13/h1-5,10,12H,6-9,11H2,(H,18,24). The van der Waals surface area contributed by atoms with E-state index in [1.807, 2.05) is 17.0 Å². The number of nitrogens with one attached hydrogen (secondary N) is 1. The lowest BCUT2D eigenvalue weighted by Gasteiger charge is -2.32. The maximum Gasteiger partial charge on any atom is 0.272 e. The summed E-state index contributed by atoms with van der Waals surface area (Å²) in [6, 6.07) is 7.15. The van der Waals surface area contributed by atoms with Crippen molar-refractivity contribution < 1.29 is 9.59 Å². The van der Waals surface area contributed by atoms with E-state index in [-0.39, 0.29) is 11.6 Å². The number of pyridine rings is 1. The maximum atomic E-state index is 12.1. The molecule has 1 aliphatic rings. The third-order valence-electron chi connectivity index (χ3n) is 3.85. The molecule has 8 nitrogen and oxygen atoms in total. The van der Waals surface area contributed by atoms with Gasteiger partial charge in [-0.3, -0.25) is 14.6 Å². The summed E-state index contributed by atoms with van der Waals surface area (Å²) < 4.78 is 0. The summed E-state index contributed by atoms with van der Waals surface area (Å²) in [4.78, 5) is 30.6. The van der Waals surface area contributed by atoms with Crippen LogP contribution in [-0.2, 0) is 11.3 Å². The van der Waals surface area contributed by atoms with Crippen molar-refractivity contribution in [1.82, 2.24) is 25.4 Å². The minimum absolute atomic E-state index is 0.272. The van der Waals surface area contributed by atoms with Gasteiger partial charge in [0.05, 0.1) is 0 Å². The van der Waals surface area contributed by atoms with E-state index in [1.54, 1.807) is 29.4 Å². The Morgan fingerprint density at radius 2 is 2.00 bits per heavy atom. The number of piperazine rings is 1. The number of nitrogens with zero attached hydrogens (tertiary/aromatic N) is 5. The van der Waals surface area contributed by atoms with Crippen LogP contribution >= 0.6 is 0 Å². The Bertz CT molecular complexity index is 683. The molecular weight excluding hydrogens is 308 g/mol. The number of hydrogen-bond donors (Lipinski definition) is 1. The van der Waals surface area contributed by atoms with E-state index < -0.39 is 0 Å². The van der Waals surface area contributed by atoms with Gasteiger partial charge in [-0.15, -0.1) is 10.2 Å². The number of anilines is 1. The minimum Gasteiger partial charge on any atom is -0.352 e. The highest BCUT2D eigenvalue weighted by molar-refractivity contribution is 5.92. The Labute approximate surface area is 139 Å². The van der Waals surface area contributed by atoms with Gasteiger partial charge in [-0.2, -0.15) is 0 Å². The number of hydrogen-bond acceptors (Lipinski definition) is 6. The topological polar surface area (TPSA) is 91.3 Å². The van der Waals surface area contributed by atoms with E-state index in [0.29, 0.717) is 38.5 Å². The maximum absolute atomic E-state index is 12.1. The van der Waals surface area contributed by atoms with Crippen LogP contribution in [0.15, 0.2) is 36.7 Å². The number of rotatable bonds is 5. The van der Waals surface area contributed by atoms with Crippen LogP contribution in [0, 0.1) is 0 Å². The van der Waals surface area contributed by atoms with Gasteiger partial charge < -0.3 is 15.1 Å². The summed E-state index contributed by atoms with van der Waals surface area (Å²) in [6.45, 7) is 3.14. The van der Waals surface area contributed by atoms with Crippen LogP contribution in [0.4, 0.5) is 5.82 Å². The zero-order valence-corrected chi connectivity index (χ0v) is 13.1. The van der Waals surface area contributed by atoms with Gasteiger partial charge in [-0.25, -0.2) is 0 Å². The van der Waals surface area contributed by atoms with Crippen molar-refractivity contribution in [2.24, 2.45) is 0 Å². The highest BCUT2D eigenvalue weighted by Crippen LogP contribution is 2.12. The van der Waals surface area contributed by atoms with Crippen molar-refractivity contribution in [2.75, 3.05) is 31.1 Å². The summed E-state index contributed by atoms with van der Waals surface area (Å²) >= 11 is 0. The first kappa shape index (κ1) is 15.9. The van der Waals surface area contributed by atoms with Gasteiger partial charge in [-0.1, -0.05) is 6.07 Å². The molecule has 8 heteroatoms. The lowest BCUT2D eigenvalue weighted by molar-refractivity contribution is -0.118. The van der Waals surface area contributed by atoms with Crippen LogP contribution < -0.4 is 10.2 Å². The molecule has 0 saturated carbocycles. The normalized spacial score (nSPS) is 14.3. The number of aromatic nitrogens is 3. The molecule has 1 fully saturated rings. The molecule has 0 bridgehead atoms. The second-order valence-electron chi connectivity index (χ2n) is 5.45. The summed E-state index contributed by atoms with van der Waals surface area (Å²) in [6.07, 6.45) is 4.25. The van der Waals surface area contributed by atoms with Crippen molar-refractivity contribution in [3.63, 3.8) is 0 Å². The molecule has 0 spiro atoms.